The highest BCUT2D eigenvalue weighted by molar-refractivity contribution is 5.51. The maximum absolute atomic E-state index is 12.9. The predicted octanol–water partition coefficient (Wildman–Crippen LogP) is 2.10. The minimum Gasteiger partial charge on any atom is -0.396 e. The zero-order valence-electron chi connectivity index (χ0n) is 28.5. The van der Waals surface area contributed by atoms with E-state index in [1.54, 1.807) is 55.7 Å². The molecule has 0 atom stereocenters. The van der Waals surface area contributed by atoms with Gasteiger partial charge < -0.3 is 19.7 Å². The molecule has 0 amide bonds. The molecule has 2 fully saturated rings. The molecule has 2 aliphatic heterocycles. The third kappa shape index (κ3) is 7.41. The van der Waals surface area contributed by atoms with Crippen molar-refractivity contribution in [2.24, 2.45) is 0 Å². The summed E-state index contributed by atoms with van der Waals surface area (Å²) >= 11 is 0. The van der Waals surface area contributed by atoms with Crippen molar-refractivity contribution in [3.63, 3.8) is 0 Å². The highest BCUT2D eigenvalue weighted by atomic mass is 16.3. The van der Waals surface area contributed by atoms with Crippen molar-refractivity contribution in [3.05, 3.63) is 118 Å². The SMILES string of the molecule is O=CCCc1cn(-c2ccc(-n3ccnn3)cc2)c(=O)c(N2CCC2)n1.O=c1c(N2CCC2)nc(CCCO)cn1-c1ccc(-n2ccnn2)cc1. The quantitative estimate of drug-likeness (QED) is 0.184. The van der Waals surface area contributed by atoms with Crippen molar-refractivity contribution in [2.75, 3.05) is 42.6 Å². The molecule has 0 aliphatic carbocycles. The summed E-state index contributed by atoms with van der Waals surface area (Å²) in [4.78, 5) is 49.6. The van der Waals surface area contributed by atoms with Crippen LogP contribution in [-0.2, 0) is 17.6 Å². The summed E-state index contributed by atoms with van der Waals surface area (Å²) in [5.74, 6) is 0.951. The van der Waals surface area contributed by atoms with Crippen molar-refractivity contribution < 1.29 is 9.90 Å². The number of hydrogen-bond donors (Lipinski definition) is 1. The number of nitrogens with zero attached hydrogens (tertiary/aromatic N) is 12. The first kappa shape index (κ1) is 34.2. The van der Waals surface area contributed by atoms with E-state index < -0.39 is 0 Å². The van der Waals surface area contributed by atoms with Gasteiger partial charge in [-0.25, -0.2) is 19.3 Å². The van der Waals surface area contributed by atoms with Crippen LogP contribution in [0.2, 0.25) is 0 Å². The molecule has 6 heterocycles. The van der Waals surface area contributed by atoms with Crippen LogP contribution in [-0.4, -0.2) is 93.3 Å². The highest BCUT2D eigenvalue weighted by Gasteiger charge is 2.23. The topological polar surface area (TPSA) is 175 Å². The van der Waals surface area contributed by atoms with Gasteiger partial charge >= 0.3 is 0 Å². The molecule has 16 heteroatoms. The van der Waals surface area contributed by atoms with E-state index in [-0.39, 0.29) is 17.7 Å². The normalized spacial score (nSPS) is 13.6. The summed E-state index contributed by atoms with van der Waals surface area (Å²) in [6.07, 6.45) is 15.4. The van der Waals surface area contributed by atoms with Gasteiger partial charge in [0.15, 0.2) is 11.6 Å². The average Bonchev–Trinajstić information content (AvgIpc) is 3.87. The van der Waals surface area contributed by atoms with E-state index in [0.29, 0.717) is 37.3 Å². The Morgan fingerprint density at radius 2 is 1.08 bits per heavy atom. The van der Waals surface area contributed by atoms with Gasteiger partial charge in [0.1, 0.15) is 6.29 Å². The molecule has 2 saturated heterocycles. The Balaban J connectivity index is 0.000000162. The third-order valence-corrected chi connectivity index (χ3v) is 8.93. The zero-order chi connectivity index (χ0) is 35.9. The lowest BCUT2D eigenvalue weighted by molar-refractivity contribution is -0.107. The first-order chi connectivity index (χ1) is 25.5. The van der Waals surface area contributed by atoms with Gasteiger partial charge in [-0.15, -0.1) is 10.2 Å². The fourth-order valence-electron chi connectivity index (χ4n) is 5.84. The second-order valence-electron chi connectivity index (χ2n) is 12.4. The Morgan fingerprint density at radius 3 is 1.44 bits per heavy atom. The van der Waals surface area contributed by atoms with Gasteiger partial charge in [0.05, 0.1) is 47.6 Å². The van der Waals surface area contributed by atoms with Crippen molar-refractivity contribution in [1.82, 2.24) is 49.1 Å². The first-order valence-corrected chi connectivity index (χ1v) is 17.3. The molecule has 6 aromatic rings. The minimum absolute atomic E-state index is 0.104. The van der Waals surface area contributed by atoms with E-state index >= 15 is 0 Å². The number of carbonyl (C=O) groups is 1. The number of hydrogen-bond acceptors (Lipinski definition) is 12. The fraction of sp³-hybridized carbons (Fsp3) is 0.306. The Hall–Kier alpha value is -6.29. The van der Waals surface area contributed by atoms with Gasteiger partial charge in [-0.1, -0.05) is 10.4 Å². The van der Waals surface area contributed by atoms with Gasteiger partial charge in [-0.3, -0.25) is 18.7 Å². The van der Waals surface area contributed by atoms with Crippen LogP contribution in [0.25, 0.3) is 22.7 Å². The number of anilines is 2. The molecule has 2 aromatic carbocycles. The predicted molar refractivity (Wildman–Crippen MR) is 193 cm³/mol. The number of benzene rings is 2. The maximum atomic E-state index is 12.9. The second kappa shape index (κ2) is 15.7. The summed E-state index contributed by atoms with van der Waals surface area (Å²) in [7, 11) is 0. The van der Waals surface area contributed by atoms with E-state index in [1.807, 2.05) is 58.3 Å². The lowest BCUT2D eigenvalue weighted by atomic mass is 10.2. The largest absolute Gasteiger partial charge is 0.396 e. The van der Waals surface area contributed by atoms with Gasteiger partial charge in [-0.05, 0) is 80.6 Å². The lowest BCUT2D eigenvalue weighted by Gasteiger charge is -2.31. The standard InChI is InChI=1S/C18H20N6O2.C18H18N6O2/c2*25-12-1-3-14-13-23(18(26)17(20-14)22-9-2-10-22)15-4-6-16(7-5-15)24-11-8-19-21-24/h4-8,11,13,25H,1-3,9-10,12H2;4-8,11-13H,1-3,9-10H2. The average molecular weight is 703 g/mol. The van der Waals surface area contributed by atoms with Gasteiger partial charge in [0.2, 0.25) is 0 Å². The van der Waals surface area contributed by atoms with Crippen LogP contribution in [0.5, 0.6) is 0 Å². The molecule has 8 rings (SSSR count). The molecule has 4 aromatic heterocycles. The molecule has 0 saturated carbocycles. The molecule has 52 heavy (non-hydrogen) atoms. The molecule has 0 radical (unpaired) electrons. The van der Waals surface area contributed by atoms with E-state index in [0.717, 1.165) is 79.4 Å². The molecule has 0 unspecified atom stereocenters. The van der Waals surface area contributed by atoms with Gasteiger partial charge in [0.25, 0.3) is 11.1 Å². The minimum atomic E-state index is -0.145. The van der Waals surface area contributed by atoms with Crippen LogP contribution in [0.3, 0.4) is 0 Å². The molecule has 2 aliphatic rings. The first-order valence-electron chi connectivity index (χ1n) is 17.3. The Morgan fingerprint density at radius 1 is 0.635 bits per heavy atom. The van der Waals surface area contributed by atoms with Crippen LogP contribution < -0.4 is 20.9 Å². The van der Waals surface area contributed by atoms with E-state index in [9.17, 15) is 14.4 Å². The van der Waals surface area contributed by atoms with Crippen molar-refractivity contribution in [1.29, 1.82) is 0 Å². The lowest BCUT2D eigenvalue weighted by Crippen LogP contribution is -2.42. The monoisotopic (exact) mass is 702 g/mol. The molecular formula is C36H38N12O4. The molecule has 0 bridgehead atoms. The zero-order valence-corrected chi connectivity index (χ0v) is 28.5. The van der Waals surface area contributed by atoms with Crippen LogP contribution in [0, 0.1) is 0 Å². The Bertz CT molecular complexity index is 2210. The number of rotatable bonds is 12. The van der Waals surface area contributed by atoms with Crippen LogP contribution in [0.4, 0.5) is 11.6 Å². The van der Waals surface area contributed by atoms with Crippen LogP contribution in [0.1, 0.15) is 37.1 Å². The number of aryl methyl sites for hydroxylation is 2. The van der Waals surface area contributed by atoms with Crippen LogP contribution in [0.15, 0.2) is 95.3 Å². The summed E-state index contributed by atoms with van der Waals surface area (Å²) in [5, 5.41) is 24.6. The summed E-state index contributed by atoms with van der Waals surface area (Å²) in [5.41, 5.74) is 4.52. The molecule has 0 spiro atoms. The maximum Gasteiger partial charge on any atom is 0.298 e. The second-order valence-corrected chi connectivity index (χ2v) is 12.4. The third-order valence-electron chi connectivity index (χ3n) is 8.93. The highest BCUT2D eigenvalue weighted by Crippen LogP contribution is 2.19. The molecular weight excluding hydrogens is 664 g/mol. The Labute approximate surface area is 298 Å². The molecule has 266 valence electrons. The van der Waals surface area contributed by atoms with E-state index in [4.69, 9.17) is 5.11 Å². The van der Waals surface area contributed by atoms with Gasteiger partial charge in [-0.2, -0.15) is 0 Å². The number of aliphatic hydroxyl groups excluding tert-OH is 1. The van der Waals surface area contributed by atoms with E-state index in [1.165, 1.54) is 0 Å². The number of carbonyl (C=O) groups excluding carboxylic acids is 1. The van der Waals surface area contributed by atoms with Crippen molar-refractivity contribution in [2.45, 2.75) is 38.5 Å². The number of aldehydes is 1. The van der Waals surface area contributed by atoms with Crippen LogP contribution >= 0.6 is 0 Å². The number of aliphatic hydroxyl groups is 1. The summed E-state index contributed by atoms with van der Waals surface area (Å²) in [6.45, 7) is 3.50. The fourth-order valence-corrected chi connectivity index (χ4v) is 5.84. The van der Waals surface area contributed by atoms with Crippen molar-refractivity contribution in [3.8, 4) is 22.7 Å². The Kier molecular flexibility index (Phi) is 10.3. The molecule has 1 N–H and O–H groups in total. The summed E-state index contributed by atoms with van der Waals surface area (Å²) < 4.78 is 6.56. The smallest absolute Gasteiger partial charge is 0.298 e. The summed E-state index contributed by atoms with van der Waals surface area (Å²) in [6, 6.07) is 15.0. The number of aromatic nitrogens is 10. The van der Waals surface area contributed by atoms with Crippen molar-refractivity contribution >= 4 is 17.9 Å². The van der Waals surface area contributed by atoms with Gasteiger partial charge in [0, 0.05) is 63.0 Å². The van der Waals surface area contributed by atoms with E-state index in [2.05, 4.69) is 30.6 Å². The molecule has 16 nitrogen and oxygen atoms in total.